The van der Waals surface area contributed by atoms with Crippen LogP contribution in [0.2, 0.25) is 0 Å². The van der Waals surface area contributed by atoms with Crippen molar-refractivity contribution >= 4 is 22.6 Å². The van der Waals surface area contributed by atoms with Gasteiger partial charge < -0.3 is 9.15 Å². The van der Waals surface area contributed by atoms with Crippen LogP contribution in [0.1, 0.15) is 51.3 Å². The monoisotopic (exact) mass is 465 g/mol. The Hall–Kier alpha value is -4.12. The molecule has 1 atom stereocenters. The summed E-state index contributed by atoms with van der Waals surface area (Å²) >= 11 is 0. The van der Waals surface area contributed by atoms with E-state index in [0.29, 0.717) is 34.6 Å². The lowest BCUT2D eigenvalue weighted by atomic mass is 9.97. The summed E-state index contributed by atoms with van der Waals surface area (Å²) in [6, 6.07) is 18.4. The predicted octanol–water partition coefficient (Wildman–Crippen LogP) is 6.29. The molecule has 0 saturated heterocycles. The van der Waals surface area contributed by atoms with Crippen molar-refractivity contribution in [2.45, 2.75) is 33.2 Å². The maximum atomic E-state index is 13.9. The number of amides is 1. The number of benzene rings is 3. The molecule has 0 spiro atoms. The van der Waals surface area contributed by atoms with Crippen molar-refractivity contribution < 1.29 is 13.9 Å². The lowest BCUT2D eigenvalue weighted by molar-refractivity contribution is 0.0971. The number of nitrogens with zero attached hydrogens (tertiary/aromatic N) is 1. The molecule has 176 valence electrons. The first kappa shape index (κ1) is 22.7. The Kier molecular flexibility index (Phi) is 5.77. The average Bonchev–Trinajstić information content (AvgIpc) is 3.16. The van der Waals surface area contributed by atoms with E-state index in [4.69, 9.17) is 9.15 Å². The molecule has 35 heavy (non-hydrogen) atoms. The van der Waals surface area contributed by atoms with Crippen LogP contribution in [0, 0.1) is 13.8 Å². The summed E-state index contributed by atoms with van der Waals surface area (Å²) in [4.78, 5) is 29.3. The van der Waals surface area contributed by atoms with Gasteiger partial charge in [0.2, 0.25) is 5.76 Å². The van der Waals surface area contributed by atoms with Crippen LogP contribution in [0.3, 0.4) is 0 Å². The van der Waals surface area contributed by atoms with Crippen LogP contribution >= 0.6 is 0 Å². The molecular formula is C30H27NO4. The van der Waals surface area contributed by atoms with Crippen molar-refractivity contribution in [1.82, 2.24) is 0 Å². The molecule has 2 heterocycles. The zero-order chi connectivity index (χ0) is 24.7. The normalized spacial score (nSPS) is 14.9. The van der Waals surface area contributed by atoms with Gasteiger partial charge in [-0.15, -0.1) is 0 Å². The summed E-state index contributed by atoms with van der Waals surface area (Å²) in [7, 11) is 0. The standard InChI is InChI=1S/C30H27NO4/c1-5-14-34-23-9-7-8-21(17-23)27-26-28(32)24-15-18(3)19(4)16-25(24)35-29(26)30(33)31(27)22-12-10-20(6-2)11-13-22/h5,7-13,15-17,27H,1,6,14H2,2-4H3. The van der Waals surface area contributed by atoms with Gasteiger partial charge in [0.25, 0.3) is 5.91 Å². The number of carbonyl (C=O) groups is 1. The first-order valence-electron chi connectivity index (χ1n) is 11.8. The number of carbonyl (C=O) groups excluding carboxylic acids is 1. The largest absolute Gasteiger partial charge is 0.490 e. The summed E-state index contributed by atoms with van der Waals surface area (Å²) in [5.74, 6) is 0.401. The first-order chi connectivity index (χ1) is 16.9. The maximum Gasteiger partial charge on any atom is 0.295 e. The number of aryl methyl sites for hydroxylation is 3. The maximum absolute atomic E-state index is 13.9. The van der Waals surface area contributed by atoms with E-state index in [1.54, 1.807) is 11.0 Å². The molecule has 1 unspecified atom stereocenters. The molecule has 0 aliphatic carbocycles. The molecule has 5 heteroatoms. The minimum atomic E-state index is -0.639. The van der Waals surface area contributed by atoms with E-state index < -0.39 is 6.04 Å². The lowest BCUT2D eigenvalue weighted by Gasteiger charge is -2.25. The third kappa shape index (κ3) is 3.83. The van der Waals surface area contributed by atoms with Crippen LogP contribution < -0.4 is 15.1 Å². The number of hydrogen-bond donors (Lipinski definition) is 0. The van der Waals surface area contributed by atoms with E-state index in [9.17, 15) is 9.59 Å². The minimum Gasteiger partial charge on any atom is -0.490 e. The number of fused-ring (bicyclic) bond motifs is 2. The van der Waals surface area contributed by atoms with Gasteiger partial charge in [0.1, 0.15) is 17.9 Å². The van der Waals surface area contributed by atoms with Crippen molar-refractivity contribution in [2.24, 2.45) is 0 Å². The van der Waals surface area contributed by atoms with Crippen molar-refractivity contribution in [1.29, 1.82) is 0 Å². The molecule has 5 nitrogen and oxygen atoms in total. The second-order valence-electron chi connectivity index (χ2n) is 8.88. The smallest absolute Gasteiger partial charge is 0.295 e. The third-order valence-electron chi connectivity index (χ3n) is 6.65. The Morgan fingerprint density at radius 2 is 1.77 bits per heavy atom. The number of rotatable bonds is 6. The summed E-state index contributed by atoms with van der Waals surface area (Å²) in [5.41, 5.74) is 5.24. The average molecular weight is 466 g/mol. The predicted molar refractivity (Wildman–Crippen MR) is 139 cm³/mol. The fraction of sp³-hybridized carbons (Fsp3) is 0.200. The molecule has 4 aromatic rings. The molecule has 1 amide bonds. The molecule has 1 aliphatic rings. The van der Waals surface area contributed by atoms with E-state index in [1.807, 2.05) is 74.5 Å². The molecule has 0 bridgehead atoms. The van der Waals surface area contributed by atoms with Gasteiger partial charge in [-0.3, -0.25) is 14.5 Å². The first-order valence-corrected chi connectivity index (χ1v) is 11.8. The molecule has 0 fully saturated rings. The molecule has 3 aromatic carbocycles. The van der Waals surface area contributed by atoms with Crippen LogP contribution in [0.4, 0.5) is 5.69 Å². The van der Waals surface area contributed by atoms with E-state index in [1.165, 1.54) is 5.56 Å². The Bertz CT molecular complexity index is 1510. The summed E-state index contributed by atoms with van der Waals surface area (Å²) < 4.78 is 11.9. The molecule has 1 aliphatic heterocycles. The highest BCUT2D eigenvalue weighted by atomic mass is 16.5. The quantitative estimate of drug-likeness (QED) is 0.314. The highest BCUT2D eigenvalue weighted by molar-refractivity contribution is 6.10. The summed E-state index contributed by atoms with van der Waals surface area (Å²) in [6.07, 6.45) is 2.57. The summed E-state index contributed by atoms with van der Waals surface area (Å²) in [6.45, 7) is 10.1. The minimum absolute atomic E-state index is 0.0905. The molecule has 0 N–H and O–H groups in total. The van der Waals surface area contributed by atoms with Gasteiger partial charge in [0.15, 0.2) is 5.43 Å². The second kappa shape index (κ2) is 8.91. The second-order valence-corrected chi connectivity index (χ2v) is 8.88. The van der Waals surface area contributed by atoms with Gasteiger partial charge in [-0.05, 0) is 78.9 Å². The van der Waals surface area contributed by atoms with Gasteiger partial charge in [-0.1, -0.05) is 43.8 Å². The number of ether oxygens (including phenoxy) is 1. The van der Waals surface area contributed by atoms with Crippen LogP contribution in [0.25, 0.3) is 11.0 Å². The topological polar surface area (TPSA) is 59.8 Å². The Morgan fingerprint density at radius 1 is 1.03 bits per heavy atom. The van der Waals surface area contributed by atoms with E-state index in [2.05, 4.69) is 13.5 Å². The fourth-order valence-electron chi connectivity index (χ4n) is 4.63. The molecule has 0 saturated carbocycles. The Labute approximate surface area is 204 Å². The highest BCUT2D eigenvalue weighted by Gasteiger charge is 2.43. The van der Waals surface area contributed by atoms with Crippen molar-refractivity contribution in [3.05, 3.63) is 117 Å². The van der Waals surface area contributed by atoms with Crippen LogP contribution in [-0.4, -0.2) is 12.5 Å². The molecule has 1 aromatic heterocycles. The Morgan fingerprint density at radius 3 is 2.49 bits per heavy atom. The SMILES string of the molecule is C=CCOc1cccc(C2c3c(oc4cc(C)c(C)cc4c3=O)C(=O)N2c2ccc(CC)cc2)c1. The zero-order valence-electron chi connectivity index (χ0n) is 20.1. The lowest BCUT2D eigenvalue weighted by Crippen LogP contribution is -2.29. The van der Waals surface area contributed by atoms with Gasteiger partial charge >= 0.3 is 0 Å². The van der Waals surface area contributed by atoms with Crippen LogP contribution in [-0.2, 0) is 6.42 Å². The van der Waals surface area contributed by atoms with Crippen LogP contribution in [0.15, 0.2) is 82.5 Å². The summed E-state index contributed by atoms with van der Waals surface area (Å²) in [5, 5.41) is 0.479. The van der Waals surface area contributed by atoms with Crippen molar-refractivity contribution in [3.8, 4) is 5.75 Å². The Balaban J connectivity index is 1.76. The molecule has 0 radical (unpaired) electrons. The van der Waals surface area contributed by atoms with Crippen LogP contribution in [0.5, 0.6) is 5.75 Å². The number of hydrogen-bond acceptors (Lipinski definition) is 4. The fourth-order valence-corrected chi connectivity index (χ4v) is 4.63. The van der Waals surface area contributed by atoms with Gasteiger partial charge in [-0.2, -0.15) is 0 Å². The van der Waals surface area contributed by atoms with Gasteiger partial charge in [0.05, 0.1) is 17.0 Å². The molecule has 5 rings (SSSR count). The third-order valence-corrected chi connectivity index (χ3v) is 6.65. The number of anilines is 1. The van der Waals surface area contributed by atoms with E-state index in [-0.39, 0.29) is 17.1 Å². The van der Waals surface area contributed by atoms with Gasteiger partial charge in [-0.25, -0.2) is 0 Å². The van der Waals surface area contributed by atoms with Gasteiger partial charge in [0, 0.05) is 5.69 Å². The highest BCUT2D eigenvalue weighted by Crippen LogP contribution is 2.42. The zero-order valence-corrected chi connectivity index (χ0v) is 20.1. The van der Waals surface area contributed by atoms with E-state index >= 15 is 0 Å². The van der Waals surface area contributed by atoms with E-state index in [0.717, 1.165) is 23.1 Å². The van der Waals surface area contributed by atoms with Crippen molar-refractivity contribution in [2.75, 3.05) is 11.5 Å². The molecular weight excluding hydrogens is 438 g/mol. The van der Waals surface area contributed by atoms with Crippen molar-refractivity contribution in [3.63, 3.8) is 0 Å².